The second-order valence-electron chi connectivity index (χ2n) is 3.88. The SMILES string of the molecule is CCc1cc2c(cc1F)NC(C(=O)OC)C2. The molecule has 4 heteroatoms. The first-order chi connectivity index (χ1) is 7.65. The highest BCUT2D eigenvalue weighted by Crippen LogP contribution is 2.29. The van der Waals surface area contributed by atoms with Crippen molar-refractivity contribution < 1.29 is 13.9 Å². The first-order valence-electron chi connectivity index (χ1n) is 5.31. The van der Waals surface area contributed by atoms with Crippen LogP contribution in [0, 0.1) is 5.82 Å². The molecule has 0 amide bonds. The predicted octanol–water partition coefficient (Wildman–Crippen LogP) is 1.90. The van der Waals surface area contributed by atoms with E-state index in [1.165, 1.54) is 13.2 Å². The maximum atomic E-state index is 13.5. The molecule has 1 atom stereocenters. The number of carbonyl (C=O) groups excluding carboxylic acids is 1. The van der Waals surface area contributed by atoms with Crippen LogP contribution in [0.5, 0.6) is 0 Å². The fraction of sp³-hybridized carbons (Fsp3) is 0.417. The molecule has 0 bridgehead atoms. The van der Waals surface area contributed by atoms with Crippen LogP contribution >= 0.6 is 0 Å². The van der Waals surface area contributed by atoms with E-state index in [0.717, 1.165) is 5.56 Å². The lowest BCUT2D eigenvalue weighted by Crippen LogP contribution is -2.27. The van der Waals surface area contributed by atoms with Gasteiger partial charge >= 0.3 is 5.97 Å². The van der Waals surface area contributed by atoms with Gasteiger partial charge in [0.2, 0.25) is 0 Å². The van der Waals surface area contributed by atoms with Crippen LogP contribution in [0.25, 0.3) is 0 Å². The molecular formula is C12H14FNO2. The molecule has 0 fully saturated rings. The van der Waals surface area contributed by atoms with Gasteiger partial charge < -0.3 is 10.1 Å². The smallest absolute Gasteiger partial charge is 0.328 e. The zero-order chi connectivity index (χ0) is 11.7. The zero-order valence-corrected chi connectivity index (χ0v) is 9.34. The predicted molar refractivity (Wildman–Crippen MR) is 58.9 cm³/mol. The standard InChI is InChI=1S/C12H14FNO2/c1-3-7-4-8-5-11(12(15)16-2)14-10(8)6-9(7)13/h4,6,11,14H,3,5H2,1-2H3. The summed E-state index contributed by atoms with van der Waals surface area (Å²) in [6.07, 6.45) is 1.22. The van der Waals surface area contributed by atoms with Gasteiger partial charge in [0.15, 0.2) is 0 Å². The Labute approximate surface area is 93.6 Å². The van der Waals surface area contributed by atoms with Crippen molar-refractivity contribution in [3.05, 3.63) is 29.1 Å². The van der Waals surface area contributed by atoms with Crippen molar-refractivity contribution >= 4 is 11.7 Å². The Kier molecular flexibility index (Phi) is 2.81. The molecule has 0 aliphatic carbocycles. The highest BCUT2D eigenvalue weighted by molar-refractivity contribution is 5.82. The lowest BCUT2D eigenvalue weighted by Gasteiger charge is -2.07. The number of esters is 1. The van der Waals surface area contributed by atoms with Gasteiger partial charge in [0.25, 0.3) is 0 Å². The van der Waals surface area contributed by atoms with Gasteiger partial charge in [-0.1, -0.05) is 13.0 Å². The van der Waals surface area contributed by atoms with Crippen molar-refractivity contribution in [3.63, 3.8) is 0 Å². The number of aryl methyl sites for hydroxylation is 1. The van der Waals surface area contributed by atoms with Gasteiger partial charge in [0, 0.05) is 12.1 Å². The molecule has 0 radical (unpaired) electrons. The number of benzene rings is 1. The molecular weight excluding hydrogens is 209 g/mol. The highest BCUT2D eigenvalue weighted by Gasteiger charge is 2.28. The largest absolute Gasteiger partial charge is 0.467 e. The maximum absolute atomic E-state index is 13.5. The summed E-state index contributed by atoms with van der Waals surface area (Å²) in [5, 5.41) is 2.96. The van der Waals surface area contributed by atoms with Gasteiger partial charge in [-0.3, -0.25) is 0 Å². The fourth-order valence-corrected chi connectivity index (χ4v) is 1.99. The van der Waals surface area contributed by atoms with E-state index in [1.54, 1.807) is 0 Å². The van der Waals surface area contributed by atoms with Crippen molar-refractivity contribution in [3.8, 4) is 0 Å². The average molecular weight is 223 g/mol. The number of halogens is 1. The third kappa shape index (κ3) is 1.75. The topological polar surface area (TPSA) is 38.3 Å². The summed E-state index contributed by atoms with van der Waals surface area (Å²) in [5.74, 6) is -0.533. The average Bonchev–Trinajstić information content (AvgIpc) is 2.69. The molecule has 0 saturated carbocycles. The summed E-state index contributed by atoms with van der Waals surface area (Å²) in [5.41, 5.74) is 2.37. The molecule has 0 spiro atoms. The number of nitrogens with one attached hydrogen (secondary N) is 1. The van der Waals surface area contributed by atoms with Crippen molar-refractivity contribution in [1.82, 2.24) is 0 Å². The number of methoxy groups -OCH3 is 1. The summed E-state index contributed by atoms with van der Waals surface area (Å²) < 4.78 is 18.2. The Morgan fingerprint density at radius 2 is 2.38 bits per heavy atom. The maximum Gasteiger partial charge on any atom is 0.328 e. The zero-order valence-electron chi connectivity index (χ0n) is 9.34. The van der Waals surface area contributed by atoms with E-state index in [4.69, 9.17) is 0 Å². The first-order valence-corrected chi connectivity index (χ1v) is 5.31. The second-order valence-corrected chi connectivity index (χ2v) is 3.88. The van der Waals surface area contributed by atoms with Crippen molar-refractivity contribution in [2.24, 2.45) is 0 Å². The number of hydrogen-bond acceptors (Lipinski definition) is 3. The minimum absolute atomic E-state index is 0.223. The Hall–Kier alpha value is -1.58. The Morgan fingerprint density at radius 1 is 1.62 bits per heavy atom. The van der Waals surface area contributed by atoms with Gasteiger partial charge in [0.1, 0.15) is 11.9 Å². The Balaban J connectivity index is 2.27. The molecule has 3 nitrogen and oxygen atoms in total. The molecule has 1 aromatic carbocycles. The van der Waals surface area contributed by atoms with Crippen LogP contribution in [0.4, 0.5) is 10.1 Å². The van der Waals surface area contributed by atoms with Crippen molar-refractivity contribution in [2.75, 3.05) is 12.4 Å². The van der Waals surface area contributed by atoms with Crippen LogP contribution in [-0.4, -0.2) is 19.1 Å². The molecule has 16 heavy (non-hydrogen) atoms. The number of rotatable bonds is 2. The van der Waals surface area contributed by atoms with E-state index in [2.05, 4.69) is 10.1 Å². The van der Waals surface area contributed by atoms with Crippen LogP contribution in [0.2, 0.25) is 0 Å². The second kappa shape index (κ2) is 4.12. The van der Waals surface area contributed by atoms with Crippen LogP contribution in [0.15, 0.2) is 12.1 Å². The molecule has 86 valence electrons. The van der Waals surface area contributed by atoms with E-state index < -0.39 is 0 Å². The van der Waals surface area contributed by atoms with Gasteiger partial charge in [-0.2, -0.15) is 0 Å². The summed E-state index contributed by atoms with van der Waals surface area (Å²) >= 11 is 0. The number of carbonyl (C=O) groups is 1. The summed E-state index contributed by atoms with van der Waals surface area (Å²) in [6.45, 7) is 1.91. The summed E-state index contributed by atoms with van der Waals surface area (Å²) in [6, 6.07) is 2.89. The van der Waals surface area contributed by atoms with Gasteiger partial charge in [-0.15, -0.1) is 0 Å². The Bertz CT molecular complexity index is 431. The molecule has 1 aromatic rings. The summed E-state index contributed by atoms with van der Waals surface area (Å²) in [7, 11) is 1.35. The van der Waals surface area contributed by atoms with E-state index in [9.17, 15) is 9.18 Å². The monoisotopic (exact) mass is 223 g/mol. The minimum atomic E-state index is -0.383. The van der Waals surface area contributed by atoms with E-state index in [-0.39, 0.29) is 17.8 Å². The third-order valence-electron chi connectivity index (χ3n) is 2.89. The van der Waals surface area contributed by atoms with Crippen LogP contribution in [0.1, 0.15) is 18.1 Å². The quantitative estimate of drug-likeness (QED) is 0.778. The number of hydrogen-bond donors (Lipinski definition) is 1. The summed E-state index contributed by atoms with van der Waals surface area (Å²) in [4.78, 5) is 11.3. The highest BCUT2D eigenvalue weighted by atomic mass is 19.1. The van der Waals surface area contributed by atoms with Gasteiger partial charge in [-0.05, 0) is 23.6 Å². The minimum Gasteiger partial charge on any atom is -0.467 e. The van der Waals surface area contributed by atoms with E-state index >= 15 is 0 Å². The van der Waals surface area contributed by atoms with Gasteiger partial charge in [0.05, 0.1) is 7.11 Å². The van der Waals surface area contributed by atoms with Gasteiger partial charge in [-0.25, -0.2) is 9.18 Å². The van der Waals surface area contributed by atoms with Crippen LogP contribution in [0.3, 0.4) is 0 Å². The van der Waals surface area contributed by atoms with Crippen LogP contribution < -0.4 is 5.32 Å². The molecule has 0 aromatic heterocycles. The van der Waals surface area contributed by atoms with Crippen molar-refractivity contribution in [2.45, 2.75) is 25.8 Å². The van der Waals surface area contributed by atoms with Crippen molar-refractivity contribution in [1.29, 1.82) is 0 Å². The molecule has 2 rings (SSSR count). The molecule has 1 aliphatic rings. The number of ether oxygens (including phenoxy) is 1. The number of anilines is 1. The van der Waals surface area contributed by atoms with Crippen LogP contribution in [-0.2, 0) is 22.4 Å². The third-order valence-corrected chi connectivity index (χ3v) is 2.89. The molecule has 0 saturated heterocycles. The van der Waals surface area contributed by atoms with E-state index in [1.807, 2.05) is 13.0 Å². The first kappa shape index (κ1) is 10.9. The normalized spacial score (nSPS) is 17.8. The fourth-order valence-electron chi connectivity index (χ4n) is 1.99. The number of fused-ring (bicyclic) bond motifs is 1. The Morgan fingerprint density at radius 3 is 3.00 bits per heavy atom. The molecule has 1 aliphatic heterocycles. The molecule has 1 heterocycles. The van der Waals surface area contributed by atoms with E-state index in [0.29, 0.717) is 24.1 Å². The lowest BCUT2D eigenvalue weighted by atomic mass is 10.0. The molecule has 1 unspecified atom stereocenters. The molecule has 1 N–H and O–H groups in total. The lowest BCUT2D eigenvalue weighted by molar-refractivity contribution is -0.141.